The largest absolute Gasteiger partial charge is 0.756 e. The first-order valence-electron chi connectivity index (χ1n) is 15.1. The van der Waals surface area contributed by atoms with E-state index in [1.54, 1.807) is 7.05 Å². The fraction of sp³-hybridized carbons (Fsp3) is 0.609. The van der Waals surface area contributed by atoms with Crippen LogP contribution in [0.2, 0.25) is 0 Å². The van der Waals surface area contributed by atoms with E-state index in [-0.39, 0.29) is 36.4 Å². The van der Waals surface area contributed by atoms with Gasteiger partial charge in [-0.05, 0) is 0 Å². The van der Waals surface area contributed by atoms with E-state index in [1.165, 1.54) is 41.2 Å². The van der Waals surface area contributed by atoms with Crippen LogP contribution in [0.5, 0.6) is 0 Å². The Labute approximate surface area is 297 Å². The van der Waals surface area contributed by atoms with Gasteiger partial charge in [0.25, 0.3) is 21.2 Å². The lowest BCUT2D eigenvalue weighted by Gasteiger charge is -2.34. The SMILES string of the molecule is COC1C[C@@H](COOP(=O)([O-])OP(=O)([O-])OP(=O)([O-])OC[C@H]2O[C@@H](N3CN(C)c4c3nc(N)[nH]c4=O)[C@@H](O)C2OC)O[C@H]1n1cnc2c(N)ncnc21. The van der Waals surface area contributed by atoms with E-state index < -0.39 is 85.2 Å². The Bertz CT molecular complexity index is 2020. The second-order valence-electron chi connectivity index (χ2n) is 11.6. The lowest BCUT2D eigenvalue weighted by Crippen LogP contribution is -2.46. The monoisotopic (exact) mass is 813 g/mol. The summed E-state index contributed by atoms with van der Waals surface area (Å²) in [5.74, 6) is -0.0514. The Balaban J connectivity index is 1.00. The molecule has 3 aromatic rings. The molecule has 2 fully saturated rings. The number of aromatic amines is 1. The average Bonchev–Trinajstić information content (AvgIpc) is 3.82. The number of phosphoric acid groups is 3. The second kappa shape index (κ2) is 15.1. The minimum atomic E-state index is -6.27. The van der Waals surface area contributed by atoms with Gasteiger partial charge in [-0.2, -0.15) is 9.66 Å². The molecule has 294 valence electrons. The summed E-state index contributed by atoms with van der Waals surface area (Å²) >= 11 is 0. The Hall–Kier alpha value is -3.20. The minimum absolute atomic E-state index is 0.0158. The fourth-order valence-corrected chi connectivity index (χ4v) is 9.12. The molecule has 3 aliphatic heterocycles. The Kier molecular flexibility index (Phi) is 11.3. The number of hydrogen-bond acceptors (Lipinski definition) is 25. The van der Waals surface area contributed by atoms with Crippen molar-refractivity contribution in [2.75, 3.05) is 62.4 Å². The Morgan fingerprint density at radius 1 is 1.02 bits per heavy atom. The number of anilines is 4. The number of ether oxygens (including phenoxy) is 4. The zero-order valence-corrected chi connectivity index (χ0v) is 30.3. The standard InChI is InChI=1S/C23H35N10O17P3/c1-31-9-33(19-14(31)20(35)30-23(25)29-19)22-15(34)16(43-3)12(47-22)6-45-51(36,37)49-53(40,41)50-52(38,39)48-44-5-10-4-11(42-2)21(46-10)32-8-28-13-17(24)26-7-27-18(13)32/h7-8,10-12,15-16,21-22,34H,4-6,9H2,1-3H3,(H,36,37)(H,38,39)(H,40,41)(H2,24,26,27)(H3,25,29,30,35)/p-3/t10-,11?,12+,15-,16?,21+,22+/m0/s1. The number of nitrogens with zero attached hydrogens (tertiary/aromatic N) is 7. The molecule has 53 heavy (non-hydrogen) atoms. The lowest BCUT2D eigenvalue weighted by molar-refractivity contribution is -0.312. The molecular formula is C23H32N10O17P3-3. The smallest absolute Gasteiger partial charge is 0.304 e. The van der Waals surface area contributed by atoms with Crippen molar-refractivity contribution in [1.82, 2.24) is 29.5 Å². The topological polar surface area (TPSA) is 372 Å². The number of H-pyrrole nitrogens is 1. The molecule has 3 aliphatic rings. The molecule has 0 radical (unpaired) electrons. The maximum absolute atomic E-state index is 12.4. The molecule has 3 aromatic heterocycles. The molecule has 5 unspecified atom stereocenters. The molecule has 0 saturated carbocycles. The highest BCUT2D eigenvalue weighted by Crippen LogP contribution is 2.63. The number of fused-ring (bicyclic) bond motifs is 2. The number of nitrogen functional groups attached to an aromatic ring is 2. The number of aliphatic hydroxyl groups excluding tert-OH is 1. The summed E-state index contributed by atoms with van der Waals surface area (Å²) in [6.45, 7) is -1.61. The van der Waals surface area contributed by atoms with Crippen LogP contribution in [0.1, 0.15) is 12.6 Å². The number of aromatic nitrogens is 6. The van der Waals surface area contributed by atoms with Gasteiger partial charge in [0.1, 0.15) is 48.6 Å². The number of hydrogen-bond donors (Lipinski definition) is 4. The maximum Gasteiger partial charge on any atom is 0.304 e. The van der Waals surface area contributed by atoms with Gasteiger partial charge in [0.15, 0.2) is 29.7 Å². The molecule has 6 heterocycles. The van der Waals surface area contributed by atoms with Crippen LogP contribution in [0.15, 0.2) is 17.4 Å². The molecule has 0 amide bonds. The third kappa shape index (κ3) is 8.40. The summed E-state index contributed by atoms with van der Waals surface area (Å²) in [5, 5.41) is 10.9. The van der Waals surface area contributed by atoms with E-state index in [4.69, 9.17) is 30.4 Å². The summed E-state index contributed by atoms with van der Waals surface area (Å²) in [5.41, 5.74) is 11.7. The van der Waals surface area contributed by atoms with Crippen molar-refractivity contribution < 1.29 is 75.1 Å². The van der Waals surface area contributed by atoms with Crippen LogP contribution < -0.4 is 41.5 Å². The molecular weight excluding hydrogens is 781 g/mol. The minimum Gasteiger partial charge on any atom is -0.756 e. The first kappa shape index (κ1) is 39.5. The van der Waals surface area contributed by atoms with Gasteiger partial charge in [0.2, 0.25) is 5.95 Å². The fourth-order valence-electron chi connectivity index (χ4n) is 5.96. The van der Waals surface area contributed by atoms with Gasteiger partial charge in [0, 0.05) is 27.7 Å². The Morgan fingerprint density at radius 3 is 2.47 bits per heavy atom. The summed E-state index contributed by atoms with van der Waals surface area (Å²) in [7, 11) is -14.0. The number of nitrogens with one attached hydrogen (secondary N) is 1. The van der Waals surface area contributed by atoms with E-state index in [0.29, 0.717) is 11.2 Å². The van der Waals surface area contributed by atoms with Gasteiger partial charge in [-0.1, -0.05) is 0 Å². The van der Waals surface area contributed by atoms with Crippen molar-refractivity contribution in [2.24, 2.45) is 0 Å². The highest BCUT2D eigenvalue weighted by molar-refractivity contribution is 7.65. The highest BCUT2D eigenvalue weighted by Gasteiger charge is 2.50. The summed E-state index contributed by atoms with van der Waals surface area (Å²) in [6.07, 6.45) is -4.99. The predicted molar refractivity (Wildman–Crippen MR) is 168 cm³/mol. The number of imidazole rings is 1. The summed E-state index contributed by atoms with van der Waals surface area (Å²) in [6, 6.07) is 0. The van der Waals surface area contributed by atoms with Crippen molar-refractivity contribution in [2.45, 2.75) is 49.4 Å². The van der Waals surface area contributed by atoms with E-state index >= 15 is 0 Å². The molecule has 0 bridgehead atoms. The van der Waals surface area contributed by atoms with Crippen LogP contribution in [-0.4, -0.2) is 112 Å². The quantitative estimate of drug-likeness (QED) is 0.0666. The summed E-state index contributed by atoms with van der Waals surface area (Å²) < 4.78 is 77.1. The van der Waals surface area contributed by atoms with Crippen molar-refractivity contribution in [3.05, 3.63) is 23.0 Å². The Morgan fingerprint density at radius 2 is 1.75 bits per heavy atom. The van der Waals surface area contributed by atoms with E-state index in [1.807, 2.05) is 0 Å². The van der Waals surface area contributed by atoms with Crippen LogP contribution in [0.3, 0.4) is 0 Å². The van der Waals surface area contributed by atoms with E-state index in [9.17, 15) is 38.3 Å². The molecule has 0 aliphatic carbocycles. The first-order chi connectivity index (χ1) is 24.9. The zero-order valence-electron chi connectivity index (χ0n) is 27.6. The molecule has 0 spiro atoms. The predicted octanol–water partition coefficient (Wildman–Crippen LogP) is -3.21. The van der Waals surface area contributed by atoms with Crippen LogP contribution in [-0.2, 0) is 55.3 Å². The highest BCUT2D eigenvalue weighted by atomic mass is 31.3. The van der Waals surface area contributed by atoms with Gasteiger partial charge in [-0.15, -0.1) is 0 Å². The number of aliphatic hydroxyl groups is 1. The third-order valence-electron chi connectivity index (χ3n) is 8.11. The van der Waals surface area contributed by atoms with E-state index in [2.05, 4.69) is 47.6 Å². The second-order valence-corrected chi connectivity index (χ2v) is 16.0. The summed E-state index contributed by atoms with van der Waals surface area (Å²) in [4.78, 5) is 75.4. The average molecular weight is 813 g/mol. The molecule has 30 heteroatoms. The van der Waals surface area contributed by atoms with E-state index in [0.717, 1.165) is 0 Å². The number of rotatable bonds is 15. The molecule has 27 nitrogen and oxygen atoms in total. The maximum atomic E-state index is 12.4. The molecule has 6 N–H and O–H groups in total. The molecule has 6 rings (SSSR count). The first-order valence-corrected chi connectivity index (χ1v) is 19.5. The van der Waals surface area contributed by atoms with Crippen LogP contribution in [0.4, 0.5) is 23.3 Å². The third-order valence-corrected chi connectivity index (χ3v) is 12.1. The normalized spacial score (nSPS) is 29.3. The number of methoxy groups -OCH3 is 2. The number of phosphoric ester groups is 1. The molecule has 10 atom stereocenters. The van der Waals surface area contributed by atoms with Crippen LogP contribution >= 0.6 is 23.5 Å². The van der Waals surface area contributed by atoms with Gasteiger partial charge >= 0.3 is 7.82 Å². The number of nitrogens with two attached hydrogens (primary N) is 2. The van der Waals surface area contributed by atoms with Gasteiger partial charge in [0.05, 0.1) is 25.7 Å². The molecule has 0 aromatic carbocycles. The van der Waals surface area contributed by atoms with Gasteiger partial charge < -0.3 is 64.5 Å². The van der Waals surface area contributed by atoms with Crippen molar-refractivity contribution >= 4 is 57.9 Å². The zero-order chi connectivity index (χ0) is 38.5. The van der Waals surface area contributed by atoms with Gasteiger partial charge in [-0.25, -0.2) is 28.5 Å². The lowest BCUT2D eigenvalue weighted by atomic mass is 10.1. The van der Waals surface area contributed by atoms with Gasteiger partial charge in [-0.3, -0.25) is 28.0 Å². The van der Waals surface area contributed by atoms with Crippen LogP contribution in [0.25, 0.3) is 11.2 Å². The van der Waals surface area contributed by atoms with Crippen molar-refractivity contribution in [1.29, 1.82) is 0 Å². The van der Waals surface area contributed by atoms with Crippen molar-refractivity contribution in [3.63, 3.8) is 0 Å². The molecule has 2 saturated heterocycles. The van der Waals surface area contributed by atoms with Crippen LogP contribution in [0, 0.1) is 0 Å². The van der Waals surface area contributed by atoms with Crippen molar-refractivity contribution in [3.8, 4) is 0 Å².